The molecule has 1 aliphatic rings. The van der Waals surface area contributed by atoms with Crippen molar-refractivity contribution in [3.8, 4) is 0 Å². The van der Waals surface area contributed by atoms with E-state index in [2.05, 4.69) is 22.4 Å². The molecule has 1 atom stereocenters. The van der Waals surface area contributed by atoms with Crippen LogP contribution in [0.25, 0.3) is 0 Å². The Bertz CT molecular complexity index is 323. The Morgan fingerprint density at radius 2 is 2.24 bits per heavy atom. The molecule has 0 spiro atoms. The van der Waals surface area contributed by atoms with E-state index < -0.39 is 0 Å². The van der Waals surface area contributed by atoms with E-state index in [1.165, 1.54) is 19.3 Å². The molecule has 4 nitrogen and oxygen atoms in total. The molecule has 0 aromatic carbocycles. The largest absolute Gasteiger partial charge is 0.378 e. The van der Waals surface area contributed by atoms with Crippen molar-refractivity contribution < 1.29 is 4.74 Å². The lowest BCUT2D eigenvalue weighted by Crippen LogP contribution is -2.19. The van der Waals surface area contributed by atoms with Gasteiger partial charge in [0.05, 0.1) is 6.10 Å². The van der Waals surface area contributed by atoms with E-state index in [4.69, 9.17) is 4.74 Å². The van der Waals surface area contributed by atoms with Crippen LogP contribution in [0.4, 0.5) is 0 Å². The Kier molecular flexibility index (Phi) is 5.35. The second kappa shape index (κ2) is 7.03. The van der Waals surface area contributed by atoms with Gasteiger partial charge in [-0.3, -0.25) is 0 Å². The molecule has 2 rings (SSSR count). The van der Waals surface area contributed by atoms with Crippen molar-refractivity contribution in [1.82, 2.24) is 15.5 Å². The summed E-state index contributed by atoms with van der Waals surface area (Å²) in [5.74, 6) is 0. The van der Waals surface area contributed by atoms with Gasteiger partial charge in [-0.15, -0.1) is 21.5 Å². The fraction of sp³-hybridized carbons (Fsp3) is 0.833. The van der Waals surface area contributed by atoms with Crippen LogP contribution in [-0.4, -0.2) is 29.5 Å². The minimum absolute atomic E-state index is 0.449. The number of ether oxygens (including phenoxy) is 1. The number of hydrogen-bond acceptors (Lipinski definition) is 5. The molecule has 1 fully saturated rings. The van der Waals surface area contributed by atoms with E-state index >= 15 is 0 Å². The number of hydrogen-bond donors (Lipinski definition) is 1. The Labute approximate surface area is 107 Å². The van der Waals surface area contributed by atoms with Gasteiger partial charge < -0.3 is 10.1 Å². The molecule has 1 aromatic heterocycles. The first-order valence-electron chi connectivity index (χ1n) is 6.52. The van der Waals surface area contributed by atoms with Crippen LogP contribution in [-0.2, 0) is 17.7 Å². The summed E-state index contributed by atoms with van der Waals surface area (Å²) < 4.78 is 5.72. The maximum Gasteiger partial charge on any atom is 0.131 e. The van der Waals surface area contributed by atoms with Gasteiger partial charge in [0.1, 0.15) is 10.0 Å². The third kappa shape index (κ3) is 4.33. The SMILES string of the molecule is CCNCc1nnc(CCC2CCCCO2)s1. The highest BCUT2D eigenvalue weighted by Crippen LogP contribution is 2.19. The lowest BCUT2D eigenvalue weighted by molar-refractivity contribution is 0.0115. The van der Waals surface area contributed by atoms with Crippen LogP contribution < -0.4 is 5.32 Å². The molecule has 1 N–H and O–H groups in total. The van der Waals surface area contributed by atoms with Crippen LogP contribution in [0.3, 0.4) is 0 Å². The number of nitrogens with zero attached hydrogens (tertiary/aromatic N) is 2. The van der Waals surface area contributed by atoms with Crippen molar-refractivity contribution in [2.45, 2.75) is 51.7 Å². The molecule has 0 amide bonds. The Hall–Kier alpha value is -0.520. The van der Waals surface area contributed by atoms with Gasteiger partial charge in [-0.1, -0.05) is 6.92 Å². The fourth-order valence-corrected chi connectivity index (χ4v) is 2.84. The maximum atomic E-state index is 5.72. The van der Waals surface area contributed by atoms with Crippen molar-refractivity contribution >= 4 is 11.3 Å². The maximum absolute atomic E-state index is 5.72. The predicted molar refractivity (Wildman–Crippen MR) is 69.2 cm³/mol. The van der Waals surface area contributed by atoms with Crippen LogP contribution >= 0.6 is 11.3 Å². The summed E-state index contributed by atoms with van der Waals surface area (Å²) in [7, 11) is 0. The van der Waals surface area contributed by atoms with Crippen LogP contribution in [0.1, 0.15) is 42.6 Å². The highest BCUT2D eigenvalue weighted by atomic mass is 32.1. The Morgan fingerprint density at radius 3 is 3.00 bits per heavy atom. The topological polar surface area (TPSA) is 47.0 Å². The molecule has 1 unspecified atom stereocenters. The van der Waals surface area contributed by atoms with Gasteiger partial charge in [0.2, 0.25) is 0 Å². The number of aryl methyl sites for hydroxylation is 1. The monoisotopic (exact) mass is 255 g/mol. The van der Waals surface area contributed by atoms with E-state index in [0.29, 0.717) is 6.10 Å². The van der Waals surface area contributed by atoms with Crippen LogP contribution in [0.15, 0.2) is 0 Å². The zero-order valence-electron chi connectivity index (χ0n) is 10.4. The molecular weight excluding hydrogens is 234 g/mol. The highest BCUT2D eigenvalue weighted by Gasteiger charge is 2.14. The first-order valence-corrected chi connectivity index (χ1v) is 7.33. The van der Waals surface area contributed by atoms with E-state index in [1.807, 2.05) is 0 Å². The average Bonchev–Trinajstić information content (AvgIpc) is 2.83. The standard InChI is InChI=1S/C12H21N3OS/c1-2-13-9-12-15-14-11(17-12)7-6-10-5-3-4-8-16-10/h10,13H,2-9H2,1H3. The molecule has 17 heavy (non-hydrogen) atoms. The molecule has 2 heterocycles. The molecule has 1 aliphatic heterocycles. The van der Waals surface area contributed by atoms with Gasteiger partial charge in [-0.25, -0.2) is 0 Å². The van der Waals surface area contributed by atoms with E-state index in [1.54, 1.807) is 11.3 Å². The van der Waals surface area contributed by atoms with Crippen LogP contribution in [0.5, 0.6) is 0 Å². The molecule has 1 saturated heterocycles. The second-order valence-corrected chi connectivity index (χ2v) is 5.54. The quantitative estimate of drug-likeness (QED) is 0.846. The summed E-state index contributed by atoms with van der Waals surface area (Å²) in [5, 5.41) is 13.9. The van der Waals surface area contributed by atoms with Crippen LogP contribution in [0.2, 0.25) is 0 Å². The lowest BCUT2D eigenvalue weighted by Gasteiger charge is -2.21. The number of nitrogens with one attached hydrogen (secondary N) is 1. The highest BCUT2D eigenvalue weighted by molar-refractivity contribution is 7.11. The minimum atomic E-state index is 0.449. The van der Waals surface area contributed by atoms with Gasteiger partial charge in [-0.05, 0) is 32.2 Å². The van der Waals surface area contributed by atoms with Gasteiger partial charge >= 0.3 is 0 Å². The Morgan fingerprint density at radius 1 is 1.35 bits per heavy atom. The van der Waals surface area contributed by atoms with Crippen LogP contribution in [0, 0.1) is 0 Å². The summed E-state index contributed by atoms with van der Waals surface area (Å²) in [6, 6.07) is 0. The van der Waals surface area contributed by atoms with Gasteiger partial charge in [0.25, 0.3) is 0 Å². The third-order valence-electron chi connectivity index (χ3n) is 2.99. The first kappa shape index (κ1) is 12.9. The molecular formula is C12H21N3OS. The van der Waals surface area contributed by atoms with Gasteiger partial charge in [-0.2, -0.15) is 0 Å². The summed E-state index contributed by atoms with van der Waals surface area (Å²) in [4.78, 5) is 0. The van der Waals surface area contributed by atoms with Crippen molar-refractivity contribution in [2.24, 2.45) is 0 Å². The zero-order valence-corrected chi connectivity index (χ0v) is 11.3. The van der Waals surface area contributed by atoms with Crippen molar-refractivity contribution in [3.05, 3.63) is 10.0 Å². The van der Waals surface area contributed by atoms with Crippen molar-refractivity contribution in [1.29, 1.82) is 0 Å². The Balaban J connectivity index is 1.72. The summed E-state index contributed by atoms with van der Waals surface area (Å²) in [6.07, 6.45) is 6.30. The summed E-state index contributed by atoms with van der Waals surface area (Å²) in [5.41, 5.74) is 0. The second-order valence-electron chi connectivity index (χ2n) is 4.40. The summed E-state index contributed by atoms with van der Waals surface area (Å²) in [6.45, 7) is 4.85. The van der Waals surface area contributed by atoms with E-state index in [0.717, 1.165) is 42.6 Å². The average molecular weight is 255 g/mol. The van der Waals surface area contributed by atoms with Crippen molar-refractivity contribution in [2.75, 3.05) is 13.2 Å². The van der Waals surface area contributed by atoms with E-state index in [-0.39, 0.29) is 0 Å². The molecule has 5 heteroatoms. The molecule has 1 aromatic rings. The normalized spacial score (nSPS) is 20.6. The third-order valence-corrected chi connectivity index (χ3v) is 3.97. The van der Waals surface area contributed by atoms with Crippen molar-refractivity contribution in [3.63, 3.8) is 0 Å². The van der Waals surface area contributed by atoms with Gasteiger partial charge in [0, 0.05) is 19.6 Å². The predicted octanol–water partition coefficient (Wildman–Crippen LogP) is 2.15. The van der Waals surface area contributed by atoms with E-state index in [9.17, 15) is 0 Å². The zero-order chi connectivity index (χ0) is 11.9. The minimum Gasteiger partial charge on any atom is -0.378 e. The smallest absolute Gasteiger partial charge is 0.131 e. The number of aromatic nitrogens is 2. The lowest BCUT2D eigenvalue weighted by atomic mass is 10.1. The molecule has 0 aliphatic carbocycles. The van der Waals surface area contributed by atoms with Gasteiger partial charge in [0.15, 0.2) is 0 Å². The summed E-state index contributed by atoms with van der Waals surface area (Å²) >= 11 is 1.72. The first-order chi connectivity index (χ1) is 8.38. The fourth-order valence-electron chi connectivity index (χ4n) is 2.01. The molecule has 96 valence electrons. The number of rotatable bonds is 6. The molecule has 0 saturated carbocycles. The molecule has 0 radical (unpaired) electrons. The molecule has 0 bridgehead atoms.